The van der Waals surface area contributed by atoms with Gasteiger partial charge in [-0.05, 0) is 41.8 Å². The van der Waals surface area contributed by atoms with Crippen LogP contribution in [0.15, 0.2) is 71.3 Å². The molecular weight excluding hydrogens is 396 g/mol. The molecule has 2 aromatic heterocycles. The summed E-state index contributed by atoms with van der Waals surface area (Å²) < 4.78 is 1.79. The number of fused-ring (bicyclic) bond motifs is 5. The number of carbonyl (C=O) groups is 2. The summed E-state index contributed by atoms with van der Waals surface area (Å²) in [5, 5.41) is 12.2. The molecular formula is C23H18N4O2S. The summed E-state index contributed by atoms with van der Waals surface area (Å²) in [6, 6.07) is 13.8. The minimum atomic E-state index is -0.242. The van der Waals surface area contributed by atoms with E-state index in [4.69, 9.17) is 5.10 Å². The highest BCUT2D eigenvalue weighted by atomic mass is 32.1. The lowest BCUT2D eigenvalue weighted by Gasteiger charge is -2.13. The topological polar surface area (TPSA) is 67.6 Å². The van der Waals surface area contributed by atoms with Gasteiger partial charge in [0, 0.05) is 11.8 Å². The van der Waals surface area contributed by atoms with Crippen molar-refractivity contribution in [3.8, 4) is 16.3 Å². The van der Waals surface area contributed by atoms with Gasteiger partial charge in [0.15, 0.2) is 0 Å². The molecule has 6 nitrogen and oxygen atoms in total. The highest BCUT2D eigenvalue weighted by Crippen LogP contribution is 2.52. The Morgan fingerprint density at radius 1 is 1.00 bits per heavy atom. The van der Waals surface area contributed by atoms with Crippen LogP contribution in [-0.2, 0) is 9.59 Å². The Balaban J connectivity index is 1.36. The molecule has 7 heteroatoms. The number of allylic oxidation sites excluding steroid dienone is 2. The minimum Gasteiger partial charge on any atom is -0.272 e. The standard InChI is InChI=1S/C23H18N4O2S/c28-22-19-14-8-9-15(11-14)20(19)23(29)27(22)24-12-16-13-26(17-5-2-1-3-6-17)25-21(16)18-7-4-10-30-18/h1-10,12-15,19-20H,11H2/b24-12-/t14-,15-,19-,20+/m0/s1. The van der Waals surface area contributed by atoms with E-state index < -0.39 is 0 Å². The van der Waals surface area contributed by atoms with Crippen LogP contribution in [0.1, 0.15) is 12.0 Å². The molecule has 148 valence electrons. The molecule has 1 saturated heterocycles. The molecule has 1 saturated carbocycles. The van der Waals surface area contributed by atoms with Gasteiger partial charge in [-0.15, -0.1) is 11.3 Å². The fourth-order valence-electron chi connectivity index (χ4n) is 4.92. The fourth-order valence-corrected chi connectivity index (χ4v) is 5.65. The molecule has 3 aromatic rings. The first-order valence-electron chi connectivity index (χ1n) is 10.00. The second kappa shape index (κ2) is 6.60. The number of carbonyl (C=O) groups excluding carboxylic acids is 2. The Hall–Kier alpha value is -3.32. The number of benzene rings is 1. The van der Waals surface area contributed by atoms with Crippen LogP contribution in [-0.4, -0.2) is 32.8 Å². The normalized spacial score (nSPS) is 27.0. The minimum absolute atomic E-state index is 0.175. The van der Waals surface area contributed by atoms with Crippen molar-refractivity contribution in [3.05, 3.63) is 71.8 Å². The summed E-state index contributed by atoms with van der Waals surface area (Å²) in [5.41, 5.74) is 2.47. The van der Waals surface area contributed by atoms with Crippen molar-refractivity contribution < 1.29 is 9.59 Å². The smallest absolute Gasteiger partial charge is 0.254 e. The number of para-hydroxylation sites is 1. The molecule has 1 aromatic carbocycles. The largest absolute Gasteiger partial charge is 0.272 e. The first-order chi connectivity index (χ1) is 14.7. The number of nitrogens with zero attached hydrogens (tertiary/aromatic N) is 4. The third kappa shape index (κ3) is 2.55. The van der Waals surface area contributed by atoms with Crippen LogP contribution in [0.25, 0.3) is 16.3 Å². The first-order valence-corrected chi connectivity index (χ1v) is 10.9. The van der Waals surface area contributed by atoms with Gasteiger partial charge in [-0.3, -0.25) is 9.59 Å². The van der Waals surface area contributed by atoms with Crippen LogP contribution >= 0.6 is 11.3 Å². The van der Waals surface area contributed by atoms with Gasteiger partial charge < -0.3 is 0 Å². The van der Waals surface area contributed by atoms with Crippen molar-refractivity contribution in [2.45, 2.75) is 6.42 Å². The third-order valence-electron chi connectivity index (χ3n) is 6.28. The van der Waals surface area contributed by atoms with Crippen molar-refractivity contribution in [2.75, 3.05) is 0 Å². The molecule has 2 aliphatic carbocycles. The molecule has 4 atom stereocenters. The van der Waals surface area contributed by atoms with E-state index in [1.54, 1.807) is 22.2 Å². The zero-order valence-electron chi connectivity index (χ0n) is 16.0. The van der Waals surface area contributed by atoms with E-state index in [1.165, 1.54) is 0 Å². The van der Waals surface area contributed by atoms with Crippen molar-refractivity contribution in [1.29, 1.82) is 0 Å². The molecule has 2 bridgehead atoms. The Morgan fingerprint density at radius 2 is 1.73 bits per heavy atom. The van der Waals surface area contributed by atoms with Gasteiger partial charge in [-0.1, -0.05) is 36.4 Å². The van der Waals surface area contributed by atoms with E-state index >= 15 is 0 Å². The monoisotopic (exact) mass is 414 g/mol. The number of hydrazone groups is 1. The molecule has 0 N–H and O–H groups in total. The van der Waals surface area contributed by atoms with Crippen LogP contribution in [0, 0.1) is 23.7 Å². The molecule has 0 spiro atoms. The lowest BCUT2D eigenvalue weighted by Crippen LogP contribution is -2.28. The van der Waals surface area contributed by atoms with Crippen molar-refractivity contribution in [3.63, 3.8) is 0 Å². The average molecular weight is 414 g/mol. The van der Waals surface area contributed by atoms with E-state index in [0.29, 0.717) is 0 Å². The van der Waals surface area contributed by atoms with Gasteiger partial charge in [0.05, 0.1) is 28.6 Å². The zero-order chi connectivity index (χ0) is 20.2. The molecule has 2 fully saturated rings. The molecule has 3 aliphatic rings. The highest BCUT2D eigenvalue weighted by Gasteiger charge is 2.59. The van der Waals surface area contributed by atoms with E-state index in [9.17, 15) is 9.59 Å². The lowest BCUT2D eigenvalue weighted by atomic mass is 9.85. The molecule has 30 heavy (non-hydrogen) atoms. The Kier molecular flexibility index (Phi) is 3.86. The van der Waals surface area contributed by atoms with Gasteiger partial charge >= 0.3 is 0 Å². The lowest BCUT2D eigenvalue weighted by molar-refractivity contribution is -0.140. The Bertz CT molecular complexity index is 1170. The molecule has 6 rings (SSSR count). The predicted octanol–water partition coefficient (Wildman–Crippen LogP) is 3.74. The Labute approximate surface area is 177 Å². The number of imide groups is 1. The second-order valence-corrected chi connectivity index (χ2v) is 8.87. The van der Waals surface area contributed by atoms with Crippen LogP contribution in [0.2, 0.25) is 0 Å². The van der Waals surface area contributed by atoms with Gasteiger partial charge in [-0.2, -0.15) is 15.2 Å². The zero-order valence-corrected chi connectivity index (χ0v) is 16.8. The third-order valence-corrected chi connectivity index (χ3v) is 7.15. The summed E-state index contributed by atoms with van der Waals surface area (Å²) in [4.78, 5) is 26.8. The van der Waals surface area contributed by atoms with Crippen molar-refractivity contribution in [2.24, 2.45) is 28.8 Å². The van der Waals surface area contributed by atoms with Crippen molar-refractivity contribution in [1.82, 2.24) is 14.8 Å². The predicted molar refractivity (Wildman–Crippen MR) is 114 cm³/mol. The Morgan fingerprint density at radius 3 is 2.40 bits per heavy atom. The van der Waals surface area contributed by atoms with Gasteiger partial charge in [0.25, 0.3) is 11.8 Å². The van der Waals surface area contributed by atoms with E-state index in [-0.39, 0.29) is 35.5 Å². The summed E-state index contributed by atoms with van der Waals surface area (Å²) in [6.07, 6.45) is 8.56. The highest BCUT2D eigenvalue weighted by molar-refractivity contribution is 7.13. The maximum Gasteiger partial charge on any atom is 0.254 e. The van der Waals surface area contributed by atoms with E-state index in [1.807, 2.05) is 54.0 Å². The summed E-state index contributed by atoms with van der Waals surface area (Å²) in [5.74, 6) is -0.474. The number of amides is 2. The van der Waals surface area contributed by atoms with Crippen LogP contribution < -0.4 is 0 Å². The number of hydrogen-bond donors (Lipinski definition) is 0. The second-order valence-electron chi connectivity index (χ2n) is 7.92. The van der Waals surface area contributed by atoms with Crippen LogP contribution in [0.3, 0.4) is 0 Å². The van der Waals surface area contributed by atoms with Gasteiger partial charge in [0.1, 0.15) is 5.69 Å². The summed E-state index contributed by atoms with van der Waals surface area (Å²) in [6.45, 7) is 0. The maximum atomic E-state index is 12.9. The van der Waals surface area contributed by atoms with E-state index in [0.717, 1.165) is 33.3 Å². The molecule has 2 amide bonds. The van der Waals surface area contributed by atoms with E-state index in [2.05, 4.69) is 17.3 Å². The number of thiophene rings is 1. The SMILES string of the molecule is O=C1[C@@H]2[C@H](C(=O)N1/N=C\c1cn(-c3ccccc3)nc1-c1cccs1)[C@H]1C=C[C@H]2C1. The number of hydrogen-bond acceptors (Lipinski definition) is 5. The van der Waals surface area contributed by atoms with Crippen LogP contribution in [0.5, 0.6) is 0 Å². The molecule has 3 heterocycles. The fraction of sp³-hybridized carbons (Fsp3) is 0.217. The molecule has 1 aliphatic heterocycles. The molecule has 0 unspecified atom stereocenters. The van der Waals surface area contributed by atoms with Gasteiger partial charge in [-0.25, -0.2) is 4.68 Å². The van der Waals surface area contributed by atoms with Gasteiger partial charge in [0.2, 0.25) is 0 Å². The molecule has 0 radical (unpaired) electrons. The number of rotatable bonds is 4. The van der Waals surface area contributed by atoms with Crippen molar-refractivity contribution >= 4 is 29.4 Å². The first kappa shape index (κ1) is 17.5. The summed E-state index contributed by atoms with van der Waals surface area (Å²) in [7, 11) is 0. The van der Waals surface area contributed by atoms with Crippen LogP contribution in [0.4, 0.5) is 0 Å². The average Bonchev–Trinajstić information content (AvgIpc) is 3.58. The maximum absolute atomic E-state index is 12.9. The quantitative estimate of drug-likeness (QED) is 0.371. The summed E-state index contributed by atoms with van der Waals surface area (Å²) >= 11 is 1.59. The number of aromatic nitrogens is 2.